The van der Waals surface area contributed by atoms with Crippen molar-refractivity contribution in [2.24, 2.45) is 56.2 Å². The Bertz CT molecular complexity index is 1730. The largest absolute Gasteiger partial charge is 0.481 e. The Balaban J connectivity index is 1.13. The van der Waals surface area contributed by atoms with Gasteiger partial charge in [0, 0.05) is 56.2 Å². The lowest BCUT2D eigenvalue weighted by atomic mass is 9.33. The minimum absolute atomic E-state index is 0.0778. The molecule has 0 radical (unpaired) electrons. The Morgan fingerprint density at radius 1 is 0.966 bits per heavy atom. The van der Waals surface area contributed by atoms with E-state index in [4.69, 9.17) is 14.5 Å². The fourth-order valence-electron chi connectivity index (χ4n) is 14.3. The van der Waals surface area contributed by atoms with Crippen LogP contribution in [0.2, 0.25) is 0 Å². The first-order chi connectivity index (χ1) is 27.3. The van der Waals surface area contributed by atoms with E-state index in [-0.39, 0.29) is 45.5 Å². The van der Waals surface area contributed by atoms with Gasteiger partial charge in [-0.1, -0.05) is 60.1 Å². The molecule has 4 saturated carbocycles. The Labute approximate surface area is 349 Å². The van der Waals surface area contributed by atoms with Gasteiger partial charge in [-0.2, -0.15) is 0 Å². The third kappa shape index (κ3) is 7.54. The molecule has 1 aliphatic heterocycles. The molecule has 58 heavy (non-hydrogen) atoms. The van der Waals surface area contributed by atoms with Crippen molar-refractivity contribution < 1.29 is 29.0 Å². The number of hydrogen-bond acceptors (Lipinski definition) is 8. The van der Waals surface area contributed by atoms with E-state index >= 15 is 0 Å². The van der Waals surface area contributed by atoms with Gasteiger partial charge < -0.3 is 14.6 Å². The molecule has 5 fully saturated rings. The van der Waals surface area contributed by atoms with Crippen LogP contribution in [0.15, 0.2) is 35.5 Å². The Morgan fingerprint density at radius 3 is 2.38 bits per heavy atom. The zero-order valence-electron chi connectivity index (χ0n) is 37.5. The molecule has 0 bridgehead atoms. The summed E-state index contributed by atoms with van der Waals surface area (Å²) in [6.45, 7) is 27.5. The molecule has 1 N–H and O–H groups in total. The molecule has 2 heterocycles. The lowest BCUT2D eigenvalue weighted by molar-refractivity contribution is -0.233. The molecular formula is C49H75N3O6. The summed E-state index contributed by atoms with van der Waals surface area (Å²) in [5, 5.41) is 9.67. The fraction of sp³-hybridized carbons (Fsp3) is 0.796. The molecule has 2 unspecified atom stereocenters. The van der Waals surface area contributed by atoms with Gasteiger partial charge in [0.05, 0.1) is 30.7 Å². The average Bonchev–Trinajstić information content (AvgIpc) is 3.47. The second-order valence-corrected chi connectivity index (χ2v) is 22.0. The maximum absolute atomic E-state index is 14.4. The second kappa shape index (κ2) is 16.0. The third-order valence-corrected chi connectivity index (χ3v) is 17.8. The van der Waals surface area contributed by atoms with Gasteiger partial charge in [-0.05, 0) is 136 Å². The van der Waals surface area contributed by atoms with Gasteiger partial charge in [0.15, 0.2) is 5.78 Å². The summed E-state index contributed by atoms with van der Waals surface area (Å²) in [5.41, 5.74) is 2.70. The lowest BCUT2D eigenvalue weighted by Gasteiger charge is -2.72. The number of aliphatic carboxylic acids is 1. The summed E-state index contributed by atoms with van der Waals surface area (Å²) in [6, 6.07) is 6.23. The number of hydrogen-bond donors (Lipinski definition) is 1. The van der Waals surface area contributed by atoms with Crippen molar-refractivity contribution in [1.82, 2.24) is 14.8 Å². The van der Waals surface area contributed by atoms with Crippen LogP contribution in [0.25, 0.3) is 0 Å². The highest BCUT2D eigenvalue weighted by Crippen LogP contribution is 2.77. The number of carboxylic acid groups (broad SMARTS) is 1. The van der Waals surface area contributed by atoms with Crippen molar-refractivity contribution in [1.29, 1.82) is 0 Å². The number of carbonyl (C=O) groups is 3. The molecule has 1 aromatic heterocycles. The highest BCUT2D eigenvalue weighted by molar-refractivity contribution is 6.00. The number of Topliss-reactive ketones (excluding diaryl/α,β-unsaturated/α-hetero) is 1. The van der Waals surface area contributed by atoms with E-state index in [2.05, 4.69) is 70.4 Å². The number of aromatic nitrogens is 1. The summed E-state index contributed by atoms with van der Waals surface area (Å²) in [7, 11) is 0. The Kier molecular flexibility index (Phi) is 12.0. The van der Waals surface area contributed by atoms with Gasteiger partial charge in [-0.15, -0.1) is 0 Å². The smallest absolute Gasteiger partial charge is 0.309 e. The molecule has 322 valence electrons. The second-order valence-electron chi connectivity index (χ2n) is 22.0. The standard InChI is InChI=1S/C49H75N3O6/c1-33(2)41-36(53)30-49(21-23-52(32-34-12-10-11-22-50-34)25-24-51-26-28-57-29-27-51)20-19-47(8)35(42(41)49)13-14-38-46(7)17-16-39(58-40(54)31-44(3,4)43(55)56)45(5,6)37(46)15-18-48(38,47)9/h10-12,22,33,35,37-39H,13-21,23-32H2,1-9H3,(H,55,56)/t35-,37?,38?,39+,46+,47-,48-,49-/m1/s1. The number of ether oxygens (including phenoxy) is 2. The summed E-state index contributed by atoms with van der Waals surface area (Å²) in [4.78, 5) is 49.2. The molecule has 8 atom stereocenters. The number of ketones is 1. The molecule has 9 heteroatoms. The predicted molar refractivity (Wildman–Crippen MR) is 227 cm³/mol. The van der Waals surface area contributed by atoms with Crippen LogP contribution in [0, 0.1) is 56.2 Å². The fourth-order valence-corrected chi connectivity index (χ4v) is 14.3. The van der Waals surface area contributed by atoms with E-state index < -0.39 is 17.4 Å². The van der Waals surface area contributed by atoms with Crippen LogP contribution in [0.3, 0.4) is 0 Å². The van der Waals surface area contributed by atoms with Crippen molar-refractivity contribution in [2.45, 2.75) is 146 Å². The average molecular weight is 802 g/mol. The monoisotopic (exact) mass is 802 g/mol. The van der Waals surface area contributed by atoms with E-state index in [1.165, 1.54) is 6.42 Å². The van der Waals surface area contributed by atoms with Crippen molar-refractivity contribution in [3.63, 3.8) is 0 Å². The molecule has 0 aromatic carbocycles. The number of allylic oxidation sites excluding steroid dienone is 2. The van der Waals surface area contributed by atoms with Crippen LogP contribution in [0.4, 0.5) is 0 Å². The van der Waals surface area contributed by atoms with Crippen molar-refractivity contribution in [3.05, 3.63) is 41.2 Å². The number of carbonyl (C=O) groups excluding carboxylic acids is 2. The topological polar surface area (TPSA) is 109 Å². The first-order valence-corrected chi connectivity index (χ1v) is 22.9. The van der Waals surface area contributed by atoms with E-state index in [1.54, 1.807) is 19.4 Å². The van der Waals surface area contributed by atoms with E-state index in [0.29, 0.717) is 30.0 Å². The highest BCUT2D eigenvalue weighted by Gasteiger charge is 2.70. The van der Waals surface area contributed by atoms with Crippen LogP contribution < -0.4 is 0 Å². The first-order valence-electron chi connectivity index (χ1n) is 22.9. The predicted octanol–water partition coefficient (Wildman–Crippen LogP) is 9.00. The number of fused-ring (bicyclic) bond motifs is 7. The highest BCUT2D eigenvalue weighted by atomic mass is 16.5. The van der Waals surface area contributed by atoms with Gasteiger partial charge in [-0.25, -0.2) is 0 Å². The maximum atomic E-state index is 14.4. The van der Waals surface area contributed by atoms with E-state index in [1.807, 2.05) is 12.3 Å². The van der Waals surface area contributed by atoms with Crippen LogP contribution in [0.5, 0.6) is 0 Å². The molecule has 0 amide bonds. The molecule has 7 rings (SSSR count). The number of nitrogens with zero attached hydrogens (tertiary/aromatic N) is 3. The number of morpholine rings is 1. The maximum Gasteiger partial charge on any atom is 0.309 e. The number of pyridine rings is 1. The Hall–Kier alpha value is -2.62. The third-order valence-electron chi connectivity index (χ3n) is 17.8. The molecule has 5 aliphatic carbocycles. The van der Waals surface area contributed by atoms with Crippen LogP contribution >= 0.6 is 0 Å². The minimum atomic E-state index is -1.15. The molecule has 0 spiro atoms. The zero-order chi connectivity index (χ0) is 41.9. The van der Waals surface area contributed by atoms with E-state index in [0.717, 1.165) is 115 Å². The quantitative estimate of drug-likeness (QED) is 0.196. The number of esters is 1. The van der Waals surface area contributed by atoms with Crippen LogP contribution in [-0.4, -0.2) is 89.7 Å². The number of rotatable bonds is 13. The summed E-state index contributed by atoms with van der Waals surface area (Å²) in [6.07, 6.45) is 11.9. The van der Waals surface area contributed by atoms with Crippen LogP contribution in [-0.2, 0) is 30.4 Å². The molecule has 1 aromatic rings. The SMILES string of the molecule is CC(C)C1=C2[C@H]3CCC4[C@@]5(C)CC[C@H](OC(=O)CC(C)(C)C(=O)O)C(C)(C)C5CC[C@@]4(C)[C@]3(C)CC[C@@]2(CCN(CCN2CCOCC2)Cc2ccccn2)CC1=O. The zero-order valence-corrected chi connectivity index (χ0v) is 37.5. The van der Waals surface area contributed by atoms with E-state index in [9.17, 15) is 19.5 Å². The number of carboxylic acids is 1. The van der Waals surface area contributed by atoms with Gasteiger partial charge in [0.1, 0.15) is 6.10 Å². The van der Waals surface area contributed by atoms with Crippen molar-refractivity contribution in [2.75, 3.05) is 45.9 Å². The van der Waals surface area contributed by atoms with Crippen LogP contribution in [0.1, 0.15) is 139 Å². The first kappa shape index (κ1) is 43.5. The summed E-state index contributed by atoms with van der Waals surface area (Å²) >= 11 is 0. The van der Waals surface area contributed by atoms with Gasteiger partial charge in [0.2, 0.25) is 0 Å². The molecule has 6 aliphatic rings. The Morgan fingerprint density at radius 2 is 1.71 bits per heavy atom. The van der Waals surface area contributed by atoms with Gasteiger partial charge in [-0.3, -0.25) is 29.2 Å². The van der Waals surface area contributed by atoms with Crippen molar-refractivity contribution >= 4 is 17.7 Å². The lowest BCUT2D eigenvalue weighted by Crippen LogP contribution is -2.65. The van der Waals surface area contributed by atoms with Gasteiger partial charge >= 0.3 is 11.9 Å². The minimum Gasteiger partial charge on any atom is -0.481 e. The summed E-state index contributed by atoms with van der Waals surface area (Å²) in [5.74, 6) is 0.609. The van der Waals surface area contributed by atoms with Gasteiger partial charge in [0.25, 0.3) is 0 Å². The molecule has 1 saturated heterocycles. The van der Waals surface area contributed by atoms with Crippen molar-refractivity contribution in [3.8, 4) is 0 Å². The normalized spacial score (nSPS) is 36.3. The summed E-state index contributed by atoms with van der Waals surface area (Å²) < 4.78 is 11.9. The molecule has 9 nitrogen and oxygen atoms in total. The molecular weight excluding hydrogens is 727 g/mol.